The molecular weight excluding hydrogens is 321 g/mol. The van der Waals surface area contributed by atoms with Crippen molar-refractivity contribution in [2.24, 2.45) is 8.73 Å². The van der Waals surface area contributed by atoms with Crippen LogP contribution < -0.4 is 5.32 Å². The first-order valence-electron chi connectivity index (χ1n) is 6.15. The molecule has 1 aliphatic rings. The van der Waals surface area contributed by atoms with Crippen molar-refractivity contribution >= 4 is 51.6 Å². The van der Waals surface area contributed by atoms with E-state index in [1.807, 2.05) is 0 Å². The summed E-state index contributed by atoms with van der Waals surface area (Å²) in [6, 6.07) is 1.68. The van der Waals surface area contributed by atoms with Gasteiger partial charge in [-0.15, -0.1) is 0 Å². The Morgan fingerprint density at radius 2 is 1.95 bits per heavy atom. The van der Waals surface area contributed by atoms with Crippen LogP contribution in [0.4, 0.5) is 17.1 Å². The van der Waals surface area contributed by atoms with Gasteiger partial charge < -0.3 is 14.8 Å². The molecule has 1 heterocycles. The van der Waals surface area contributed by atoms with Gasteiger partial charge in [0.15, 0.2) is 0 Å². The number of halogens is 2. The van der Waals surface area contributed by atoms with E-state index in [2.05, 4.69) is 14.0 Å². The topological polar surface area (TPSA) is 55.2 Å². The zero-order valence-corrected chi connectivity index (χ0v) is 13.3. The molecule has 0 bridgehead atoms. The number of anilines is 1. The van der Waals surface area contributed by atoms with Crippen LogP contribution in [0.1, 0.15) is 6.42 Å². The van der Waals surface area contributed by atoms with Crippen molar-refractivity contribution in [2.45, 2.75) is 6.42 Å². The van der Waals surface area contributed by atoms with E-state index < -0.39 is 0 Å². The number of benzene rings is 1. The molecule has 110 valence electrons. The largest absolute Gasteiger partial charge is 0.385 e. The van der Waals surface area contributed by atoms with Crippen molar-refractivity contribution in [1.29, 1.82) is 0 Å². The monoisotopic (exact) mass is 335 g/mol. The van der Waals surface area contributed by atoms with Gasteiger partial charge in [-0.1, -0.05) is 23.2 Å². The summed E-state index contributed by atoms with van der Waals surface area (Å²) in [5.74, 6) is 0. The van der Waals surface area contributed by atoms with Crippen LogP contribution in [0.5, 0.6) is 0 Å². The van der Waals surface area contributed by atoms with Crippen LogP contribution in [0, 0.1) is 0 Å². The third kappa shape index (κ3) is 3.93. The minimum Gasteiger partial charge on any atom is -0.385 e. The summed E-state index contributed by atoms with van der Waals surface area (Å²) in [7, 11) is 1.68. The zero-order chi connectivity index (χ0) is 14.4. The molecule has 0 radical (unpaired) electrons. The van der Waals surface area contributed by atoms with Gasteiger partial charge in [-0.2, -0.15) is 8.73 Å². The molecular formula is C12H15Cl2N3O2S. The van der Waals surface area contributed by atoms with Gasteiger partial charge in [0, 0.05) is 26.9 Å². The Morgan fingerprint density at radius 3 is 2.75 bits per heavy atom. The fraction of sp³-hybridized carbons (Fsp3) is 0.500. The summed E-state index contributed by atoms with van der Waals surface area (Å²) in [6.45, 7) is 2.61. The molecule has 0 saturated heterocycles. The molecule has 8 heteroatoms. The first-order valence-corrected chi connectivity index (χ1v) is 7.63. The van der Waals surface area contributed by atoms with Crippen molar-refractivity contribution in [3.05, 3.63) is 16.1 Å². The molecule has 5 nitrogen and oxygen atoms in total. The fourth-order valence-corrected chi connectivity index (χ4v) is 2.88. The van der Waals surface area contributed by atoms with E-state index in [-0.39, 0.29) is 0 Å². The number of fused-ring (bicyclic) bond motifs is 1. The molecule has 0 saturated carbocycles. The van der Waals surface area contributed by atoms with Crippen molar-refractivity contribution in [3.63, 3.8) is 0 Å². The van der Waals surface area contributed by atoms with E-state index in [0.717, 1.165) is 23.5 Å². The Hall–Kier alpha value is -0.660. The average Bonchev–Trinajstić information content (AvgIpc) is 2.90. The minimum absolute atomic E-state index is 0.514. The van der Waals surface area contributed by atoms with Gasteiger partial charge in [0.2, 0.25) is 0 Å². The molecule has 0 aromatic heterocycles. The number of hydrogen-bond acceptors (Lipinski definition) is 5. The maximum atomic E-state index is 6.18. The molecule has 1 N–H and O–H groups in total. The summed E-state index contributed by atoms with van der Waals surface area (Å²) in [4.78, 5) is 0. The summed E-state index contributed by atoms with van der Waals surface area (Å²) in [5.41, 5.74) is 2.12. The van der Waals surface area contributed by atoms with Crippen molar-refractivity contribution in [2.75, 3.05) is 38.8 Å². The molecule has 0 unspecified atom stereocenters. The van der Waals surface area contributed by atoms with Gasteiger partial charge in [0.05, 0.1) is 33.7 Å². The second-order valence-electron chi connectivity index (χ2n) is 4.06. The lowest BCUT2D eigenvalue weighted by atomic mass is 10.2. The van der Waals surface area contributed by atoms with Crippen molar-refractivity contribution in [1.82, 2.24) is 0 Å². The van der Waals surface area contributed by atoms with Gasteiger partial charge >= 0.3 is 0 Å². The van der Waals surface area contributed by atoms with E-state index in [9.17, 15) is 0 Å². The van der Waals surface area contributed by atoms with E-state index in [1.54, 1.807) is 13.2 Å². The van der Waals surface area contributed by atoms with Gasteiger partial charge in [-0.05, 0) is 12.5 Å². The van der Waals surface area contributed by atoms with Crippen LogP contribution in [-0.2, 0) is 20.8 Å². The molecule has 0 aliphatic carbocycles. The lowest BCUT2D eigenvalue weighted by Crippen LogP contribution is -2.11. The Balaban J connectivity index is 1.85. The van der Waals surface area contributed by atoms with E-state index in [1.165, 1.54) is 0 Å². The Labute approximate surface area is 131 Å². The Kier molecular flexibility index (Phi) is 6.25. The highest BCUT2D eigenvalue weighted by atomic mass is 35.5. The van der Waals surface area contributed by atoms with E-state index in [4.69, 9.17) is 32.7 Å². The highest BCUT2D eigenvalue weighted by Gasteiger charge is 2.18. The first kappa shape index (κ1) is 15.7. The molecule has 20 heavy (non-hydrogen) atoms. The molecule has 0 fully saturated rings. The molecule has 1 aromatic carbocycles. The lowest BCUT2D eigenvalue weighted by Gasteiger charge is -2.12. The normalized spacial score (nSPS) is 12.3. The zero-order valence-electron chi connectivity index (χ0n) is 11.0. The highest BCUT2D eigenvalue weighted by Crippen LogP contribution is 2.47. The SMILES string of the molecule is COCCCOCCNc1c(Cl)cc(Cl)c2c1N=S=N2. The number of nitrogens with one attached hydrogen (secondary N) is 1. The van der Waals surface area contributed by atoms with Crippen molar-refractivity contribution < 1.29 is 9.47 Å². The standard InChI is InChI=1S/C12H15Cl2N3O2S/c1-18-4-2-5-19-6-3-15-10-8(13)7-9(14)11-12(10)17-20-16-11/h7,15H,2-6H2,1H3. The van der Waals surface area contributed by atoms with Crippen LogP contribution in [0.15, 0.2) is 14.8 Å². The smallest absolute Gasteiger partial charge is 0.130 e. The first-order chi connectivity index (χ1) is 9.74. The number of rotatable bonds is 8. The van der Waals surface area contributed by atoms with Gasteiger partial charge in [0.1, 0.15) is 11.4 Å². The number of nitrogens with zero attached hydrogens (tertiary/aromatic N) is 2. The molecule has 0 atom stereocenters. The molecule has 0 spiro atoms. The van der Waals surface area contributed by atoms with E-state index in [0.29, 0.717) is 47.8 Å². The number of hydrogen-bond donors (Lipinski definition) is 1. The van der Waals surface area contributed by atoms with Gasteiger partial charge in [-0.25, -0.2) is 0 Å². The third-order valence-corrected chi connectivity index (χ3v) is 3.74. The lowest BCUT2D eigenvalue weighted by molar-refractivity contribution is 0.109. The van der Waals surface area contributed by atoms with Crippen LogP contribution in [0.3, 0.4) is 0 Å². The maximum Gasteiger partial charge on any atom is 0.130 e. The van der Waals surface area contributed by atoms with Crippen LogP contribution >= 0.6 is 23.2 Å². The van der Waals surface area contributed by atoms with E-state index >= 15 is 0 Å². The number of methoxy groups -OCH3 is 1. The van der Waals surface area contributed by atoms with Crippen LogP contribution in [-0.4, -0.2) is 33.5 Å². The van der Waals surface area contributed by atoms with Gasteiger partial charge in [-0.3, -0.25) is 0 Å². The Bertz CT molecular complexity index is 548. The molecule has 1 aromatic rings. The summed E-state index contributed by atoms with van der Waals surface area (Å²) < 4.78 is 18.8. The second kappa shape index (κ2) is 7.95. The average molecular weight is 336 g/mol. The maximum absolute atomic E-state index is 6.18. The quantitative estimate of drug-likeness (QED) is 0.736. The van der Waals surface area contributed by atoms with Gasteiger partial charge in [0.25, 0.3) is 0 Å². The molecule has 1 aliphatic heterocycles. The summed E-state index contributed by atoms with van der Waals surface area (Å²) >= 11 is 13.4. The summed E-state index contributed by atoms with van der Waals surface area (Å²) in [5, 5.41) is 4.27. The predicted octanol–water partition coefficient (Wildman–Crippen LogP) is 4.18. The third-order valence-electron chi connectivity index (χ3n) is 2.63. The van der Waals surface area contributed by atoms with Crippen LogP contribution in [0.25, 0.3) is 0 Å². The highest BCUT2D eigenvalue weighted by molar-refractivity contribution is 7.58. The summed E-state index contributed by atoms with van der Waals surface area (Å²) in [6.07, 6.45) is 0.887. The van der Waals surface area contributed by atoms with Crippen molar-refractivity contribution in [3.8, 4) is 0 Å². The second-order valence-corrected chi connectivity index (χ2v) is 5.41. The number of ether oxygens (including phenoxy) is 2. The fourth-order valence-electron chi connectivity index (χ4n) is 1.70. The molecule has 0 amide bonds. The predicted molar refractivity (Wildman–Crippen MR) is 83.8 cm³/mol. The van der Waals surface area contributed by atoms with Crippen LogP contribution in [0.2, 0.25) is 10.0 Å². The Morgan fingerprint density at radius 1 is 1.15 bits per heavy atom. The molecule has 2 rings (SSSR count). The minimum atomic E-state index is 0.514.